The van der Waals surface area contributed by atoms with Crippen LogP contribution in [-0.2, 0) is 9.59 Å². The minimum atomic E-state index is -0.669. The van der Waals surface area contributed by atoms with Crippen molar-refractivity contribution in [3.05, 3.63) is 29.3 Å². The molecule has 0 radical (unpaired) electrons. The highest BCUT2D eigenvalue weighted by Gasteiger charge is 2.42. The number of piperazine rings is 1. The Hall–Kier alpha value is -2.61. The van der Waals surface area contributed by atoms with E-state index >= 15 is 0 Å². The minimum absolute atomic E-state index is 0.0154. The summed E-state index contributed by atoms with van der Waals surface area (Å²) in [7, 11) is 0. The van der Waals surface area contributed by atoms with E-state index in [0.717, 1.165) is 30.9 Å². The normalized spacial score (nSPS) is 25.5. The highest BCUT2D eigenvalue weighted by Crippen LogP contribution is 2.32. The highest BCUT2D eigenvalue weighted by molar-refractivity contribution is 6.02. The quantitative estimate of drug-likeness (QED) is 0.762. The van der Waals surface area contributed by atoms with Gasteiger partial charge in [-0.25, -0.2) is 0 Å². The van der Waals surface area contributed by atoms with Gasteiger partial charge in [0.15, 0.2) is 0 Å². The van der Waals surface area contributed by atoms with Crippen molar-refractivity contribution >= 4 is 23.4 Å². The molecule has 2 N–H and O–H groups in total. The predicted octanol–water partition coefficient (Wildman–Crippen LogP) is 1.41. The van der Waals surface area contributed by atoms with Crippen molar-refractivity contribution in [2.24, 2.45) is 0 Å². The Morgan fingerprint density at radius 3 is 2.55 bits per heavy atom. The molecule has 31 heavy (non-hydrogen) atoms. The average molecular weight is 428 g/mol. The fourth-order valence-corrected chi connectivity index (χ4v) is 4.90. The maximum atomic E-state index is 13.1. The Bertz CT molecular complexity index is 880. The first kappa shape index (κ1) is 21.6. The summed E-state index contributed by atoms with van der Waals surface area (Å²) in [6, 6.07) is 5.23. The molecule has 0 saturated carbocycles. The third-order valence-corrected chi connectivity index (χ3v) is 6.97. The van der Waals surface area contributed by atoms with Crippen molar-refractivity contribution in [3.8, 4) is 0 Å². The van der Waals surface area contributed by atoms with Crippen LogP contribution >= 0.6 is 0 Å². The third kappa shape index (κ3) is 4.26. The van der Waals surface area contributed by atoms with Crippen molar-refractivity contribution in [2.45, 2.75) is 51.7 Å². The number of fused-ring (bicyclic) bond motifs is 1. The number of hydrogen-bond donors (Lipinski definition) is 2. The van der Waals surface area contributed by atoms with E-state index in [2.05, 4.69) is 22.5 Å². The first-order valence-corrected chi connectivity index (χ1v) is 11.3. The molecule has 3 aliphatic rings. The number of anilines is 1. The summed E-state index contributed by atoms with van der Waals surface area (Å²) in [5, 5.41) is 6.60. The van der Waals surface area contributed by atoms with Gasteiger partial charge < -0.3 is 25.3 Å². The van der Waals surface area contributed by atoms with Gasteiger partial charge in [0.1, 0.15) is 11.7 Å². The molecule has 1 aromatic rings. The van der Waals surface area contributed by atoms with Crippen molar-refractivity contribution < 1.29 is 14.4 Å². The molecule has 2 saturated heterocycles. The molecule has 1 aromatic carbocycles. The molecule has 0 aromatic heterocycles. The Morgan fingerprint density at radius 1 is 1.10 bits per heavy atom. The number of nitrogens with one attached hydrogen (secondary N) is 2. The number of likely N-dealkylation sites (tertiary alicyclic amines) is 1. The lowest BCUT2D eigenvalue weighted by molar-refractivity contribution is -0.145. The van der Waals surface area contributed by atoms with Crippen molar-refractivity contribution in [2.75, 3.05) is 44.6 Å². The molecule has 0 aliphatic carbocycles. The van der Waals surface area contributed by atoms with Gasteiger partial charge in [-0.3, -0.25) is 14.4 Å². The van der Waals surface area contributed by atoms with Gasteiger partial charge in [0.2, 0.25) is 11.8 Å². The van der Waals surface area contributed by atoms with E-state index in [1.54, 1.807) is 4.90 Å². The highest BCUT2D eigenvalue weighted by atomic mass is 16.2. The number of hydrogen-bond acceptors (Lipinski definition) is 5. The molecule has 168 valence electrons. The van der Waals surface area contributed by atoms with Gasteiger partial charge in [0, 0.05) is 51.3 Å². The molecule has 3 heterocycles. The predicted molar refractivity (Wildman–Crippen MR) is 119 cm³/mol. The number of amides is 3. The van der Waals surface area contributed by atoms with E-state index in [-0.39, 0.29) is 24.1 Å². The zero-order valence-corrected chi connectivity index (χ0v) is 18.7. The van der Waals surface area contributed by atoms with E-state index in [4.69, 9.17) is 0 Å². The molecule has 8 heteroatoms. The minimum Gasteiger partial charge on any atom is -0.362 e. The van der Waals surface area contributed by atoms with Crippen molar-refractivity contribution in [1.29, 1.82) is 0 Å². The number of aryl methyl sites for hydroxylation is 1. The molecule has 8 nitrogen and oxygen atoms in total. The lowest BCUT2D eigenvalue weighted by atomic mass is 9.94. The largest absolute Gasteiger partial charge is 0.362 e. The first-order valence-electron chi connectivity index (χ1n) is 11.3. The van der Waals surface area contributed by atoms with Crippen LogP contribution < -0.4 is 10.6 Å². The maximum absolute atomic E-state index is 13.1. The zero-order valence-electron chi connectivity index (χ0n) is 18.7. The summed E-state index contributed by atoms with van der Waals surface area (Å²) in [6.07, 6.45) is 1.34. The first-order chi connectivity index (χ1) is 14.8. The summed E-state index contributed by atoms with van der Waals surface area (Å²) in [5.74, 6) is -0.134. The number of carbonyl (C=O) groups excluding carboxylic acids is 3. The number of benzene rings is 1. The fourth-order valence-electron chi connectivity index (χ4n) is 4.90. The summed E-state index contributed by atoms with van der Waals surface area (Å²) >= 11 is 0. The van der Waals surface area contributed by atoms with Gasteiger partial charge >= 0.3 is 0 Å². The summed E-state index contributed by atoms with van der Waals surface area (Å²) in [6.45, 7) is 10.5. The van der Waals surface area contributed by atoms with Crippen LogP contribution in [0, 0.1) is 6.92 Å². The molecule has 2 fully saturated rings. The van der Waals surface area contributed by atoms with E-state index in [1.165, 1.54) is 0 Å². The van der Waals surface area contributed by atoms with E-state index in [1.807, 2.05) is 36.9 Å². The van der Waals surface area contributed by atoms with Crippen molar-refractivity contribution in [1.82, 2.24) is 20.0 Å². The Morgan fingerprint density at radius 2 is 1.84 bits per heavy atom. The molecular weight excluding hydrogens is 394 g/mol. The number of carbonyl (C=O) groups is 3. The number of rotatable bonds is 3. The monoisotopic (exact) mass is 427 g/mol. The zero-order chi connectivity index (χ0) is 22.2. The van der Waals surface area contributed by atoms with Crippen LogP contribution in [0.5, 0.6) is 0 Å². The Balaban J connectivity index is 1.45. The van der Waals surface area contributed by atoms with Crippen LogP contribution in [-0.4, -0.2) is 83.4 Å². The molecule has 3 amide bonds. The fraction of sp³-hybridized carbons (Fsp3) is 0.609. The smallest absolute Gasteiger partial charge is 0.255 e. The second-order valence-corrected chi connectivity index (χ2v) is 8.98. The lowest BCUT2D eigenvalue weighted by Gasteiger charge is -2.40. The van der Waals surface area contributed by atoms with Crippen LogP contribution in [0.1, 0.15) is 49.0 Å². The molecule has 3 aliphatic heterocycles. The van der Waals surface area contributed by atoms with Crippen LogP contribution in [0.3, 0.4) is 0 Å². The Labute approximate surface area is 183 Å². The second-order valence-electron chi connectivity index (χ2n) is 8.98. The van der Waals surface area contributed by atoms with Gasteiger partial charge in [-0.15, -0.1) is 0 Å². The molecule has 0 bridgehead atoms. The van der Waals surface area contributed by atoms with E-state index < -0.39 is 11.7 Å². The van der Waals surface area contributed by atoms with E-state index in [9.17, 15) is 14.4 Å². The third-order valence-electron chi connectivity index (χ3n) is 6.97. The van der Waals surface area contributed by atoms with Gasteiger partial charge in [-0.2, -0.15) is 0 Å². The van der Waals surface area contributed by atoms with Crippen LogP contribution in [0.4, 0.5) is 5.69 Å². The Kier molecular flexibility index (Phi) is 5.92. The SMILES string of the molecule is CCN1CCN(C(=O)[C@@H](C)N2CC[C@@]3(CCC2=O)NC(=O)c2ccc(C)cc2N3)CC1. The molecular formula is C23H33N5O3. The number of likely N-dealkylation sites (N-methyl/N-ethyl adjacent to an activating group) is 1. The van der Waals surface area contributed by atoms with Crippen LogP contribution in [0.25, 0.3) is 0 Å². The average Bonchev–Trinajstić information content (AvgIpc) is 2.91. The second kappa shape index (κ2) is 8.49. The van der Waals surface area contributed by atoms with E-state index in [0.29, 0.717) is 38.0 Å². The van der Waals surface area contributed by atoms with Gasteiger partial charge in [-0.1, -0.05) is 13.0 Å². The molecule has 1 spiro atoms. The lowest BCUT2D eigenvalue weighted by Crippen LogP contribution is -2.58. The van der Waals surface area contributed by atoms with Gasteiger partial charge in [0.05, 0.1) is 5.56 Å². The van der Waals surface area contributed by atoms with Crippen molar-refractivity contribution in [3.63, 3.8) is 0 Å². The molecule has 2 atom stereocenters. The summed E-state index contributed by atoms with van der Waals surface area (Å²) < 4.78 is 0. The summed E-state index contributed by atoms with van der Waals surface area (Å²) in [5.41, 5.74) is 1.84. The van der Waals surface area contributed by atoms with Crippen LogP contribution in [0.15, 0.2) is 18.2 Å². The topological polar surface area (TPSA) is 85.0 Å². The van der Waals surface area contributed by atoms with Gasteiger partial charge in [-0.05, 0) is 44.5 Å². The number of nitrogens with zero attached hydrogens (tertiary/aromatic N) is 3. The maximum Gasteiger partial charge on any atom is 0.255 e. The molecule has 0 unspecified atom stereocenters. The summed E-state index contributed by atoms with van der Waals surface area (Å²) in [4.78, 5) is 44.7. The standard InChI is InChI=1S/C23H33N5O3/c1-4-26-11-13-27(14-12-26)22(31)17(3)28-10-9-23(8-7-20(28)29)24-19-15-16(2)5-6-18(19)21(30)25-23/h5-6,15,17,24H,4,7-14H2,1-3H3,(H,25,30)/t17-,23-/m1/s1. The van der Waals surface area contributed by atoms with Crippen LogP contribution in [0.2, 0.25) is 0 Å². The molecule has 4 rings (SSSR count). The van der Waals surface area contributed by atoms with Gasteiger partial charge in [0.25, 0.3) is 5.91 Å².